The van der Waals surface area contributed by atoms with Crippen molar-refractivity contribution in [3.8, 4) is 0 Å². The summed E-state index contributed by atoms with van der Waals surface area (Å²) in [6.45, 7) is 0. The highest BCUT2D eigenvalue weighted by Gasteiger charge is 2.01. The van der Waals surface area contributed by atoms with E-state index in [4.69, 9.17) is 11.6 Å². The van der Waals surface area contributed by atoms with E-state index < -0.39 is 0 Å². The summed E-state index contributed by atoms with van der Waals surface area (Å²) in [5.74, 6) is 0. The van der Waals surface area contributed by atoms with E-state index in [1.165, 1.54) is 29.2 Å². The van der Waals surface area contributed by atoms with Gasteiger partial charge in [-0.2, -0.15) is 0 Å². The van der Waals surface area contributed by atoms with Gasteiger partial charge in [-0.3, -0.25) is 0 Å². The number of halogens is 2. The number of rotatable bonds is 5. The number of unbranched alkanes of at least 4 members (excludes halogenated alkanes) is 1. The lowest BCUT2D eigenvalue weighted by molar-refractivity contribution is 0.714. The maximum atomic E-state index is 5.87. The van der Waals surface area contributed by atoms with Crippen LogP contribution in [0.3, 0.4) is 0 Å². The fourth-order valence-corrected chi connectivity index (χ4v) is 2.60. The van der Waals surface area contributed by atoms with Crippen LogP contribution < -0.4 is 0 Å². The van der Waals surface area contributed by atoms with Crippen LogP contribution in [-0.2, 0) is 6.42 Å². The van der Waals surface area contributed by atoms with Gasteiger partial charge in [0, 0.05) is 0 Å². The molecule has 0 saturated heterocycles. The van der Waals surface area contributed by atoms with Crippen molar-refractivity contribution in [3.05, 3.63) is 48.0 Å². The molecule has 0 fully saturated rings. The third-order valence-corrected chi connectivity index (χ3v) is 3.67. The van der Waals surface area contributed by atoms with Crippen molar-refractivity contribution >= 4 is 38.3 Å². The van der Waals surface area contributed by atoms with E-state index in [1.807, 2.05) is 0 Å². The third-order valence-electron chi connectivity index (χ3n) is 3.00. The minimum Gasteiger partial charge on any atom is -0.110 e. The van der Waals surface area contributed by atoms with Crippen LogP contribution in [0.15, 0.2) is 42.5 Å². The van der Waals surface area contributed by atoms with E-state index in [1.54, 1.807) is 0 Å². The van der Waals surface area contributed by atoms with Gasteiger partial charge < -0.3 is 0 Å². The maximum absolute atomic E-state index is 5.87. The van der Waals surface area contributed by atoms with E-state index >= 15 is 0 Å². The molecule has 0 aromatic heterocycles. The molecular formula is C15H16BrCl. The SMILES string of the molecule is ClC(Br)CCCCc1cccc2ccccc12. The first-order valence-electron chi connectivity index (χ1n) is 6.02. The molecule has 2 aromatic rings. The normalized spacial score (nSPS) is 12.8. The molecule has 2 aromatic carbocycles. The monoisotopic (exact) mass is 310 g/mol. The highest BCUT2D eigenvalue weighted by molar-refractivity contribution is 9.10. The minimum atomic E-state index is 0.120. The standard InChI is InChI=1S/C15H16BrCl/c16-15(17)11-4-2-7-13-9-5-8-12-6-1-3-10-14(12)13/h1,3,5-6,8-10,15H,2,4,7,11H2. The third kappa shape index (κ3) is 3.72. The molecule has 0 heterocycles. The maximum Gasteiger partial charge on any atom is 0.0886 e. The summed E-state index contributed by atoms with van der Waals surface area (Å²) in [6.07, 6.45) is 4.54. The molecule has 0 aliphatic carbocycles. The van der Waals surface area contributed by atoms with E-state index in [0.29, 0.717) is 0 Å². The van der Waals surface area contributed by atoms with E-state index in [9.17, 15) is 0 Å². The Morgan fingerprint density at radius 1 is 1.00 bits per heavy atom. The second kappa shape index (κ2) is 6.42. The number of hydrogen-bond acceptors (Lipinski definition) is 0. The second-order valence-electron chi connectivity index (χ2n) is 4.28. The first kappa shape index (κ1) is 12.9. The van der Waals surface area contributed by atoms with Crippen molar-refractivity contribution in [1.29, 1.82) is 0 Å². The molecule has 0 bridgehead atoms. The largest absolute Gasteiger partial charge is 0.110 e. The molecule has 0 radical (unpaired) electrons. The van der Waals surface area contributed by atoms with Crippen molar-refractivity contribution in [3.63, 3.8) is 0 Å². The Hall–Kier alpha value is -0.530. The summed E-state index contributed by atoms with van der Waals surface area (Å²) in [5, 5.41) is 2.72. The van der Waals surface area contributed by atoms with Crippen molar-refractivity contribution < 1.29 is 0 Å². The van der Waals surface area contributed by atoms with E-state index in [0.717, 1.165) is 12.8 Å². The van der Waals surface area contributed by atoms with Gasteiger partial charge in [0.25, 0.3) is 0 Å². The molecule has 0 nitrogen and oxygen atoms in total. The van der Waals surface area contributed by atoms with Crippen LogP contribution in [0.5, 0.6) is 0 Å². The molecule has 1 atom stereocenters. The van der Waals surface area contributed by atoms with Gasteiger partial charge in [0.05, 0.1) is 4.29 Å². The quantitative estimate of drug-likeness (QED) is 0.504. The fourth-order valence-electron chi connectivity index (χ4n) is 2.12. The lowest BCUT2D eigenvalue weighted by atomic mass is 10.00. The second-order valence-corrected chi connectivity index (χ2v) is 6.43. The van der Waals surface area contributed by atoms with E-state index in [-0.39, 0.29) is 4.29 Å². The highest BCUT2D eigenvalue weighted by atomic mass is 79.9. The van der Waals surface area contributed by atoms with Crippen LogP contribution in [0.4, 0.5) is 0 Å². The van der Waals surface area contributed by atoms with Gasteiger partial charge in [-0.25, -0.2) is 0 Å². The van der Waals surface area contributed by atoms with Gasteiger partial charge in [-0.1, -0.05) is 64.8 Å². The molecule has 0 saturated carbocycles. The molecule has 0 aliphatic rings. The Kier molecular flexibility index (Phi) is 4.87. The first-order valence-corrected chi connectivity index (χ1v) is 7.37. The Balaban J connectivity index is 2.03. The zero-order valence-electron chi connectivity index (χ0n) is 9.70. The Labute approximate surface area is 116 Å². The molecule has 90 valence electrons. The number of aryl methyl sites for hydroxylation is 1. The molecular weight excluding hydrogens is 296 g/mol. The highest BCUT2D eigenvalue weighted by Crippen LogP contribution is 2.21. The zero-order chi connectivity index (χ0) is 12.1. The summed E-state index contributed by atoms with van der Waals surface area (Å²) in [4.78, 5) is 0. The summed E-state index contributed by atoms with van der Waals surface area (Å²) in [6, 6.07) is 15.1. The molecule has 0 aliphatic heterocycles. The van der Waals surface area contributed by atoms with Crippen LogP contribution >= 0.6 is 27.5 Å². The molecule has 17 heavy (non-hydrogen) atoms. The van der Waals surface area contributed by atoms with Crippen LogP contribution in [-0.4, -0.2) is 4.29 Å². The lowest BCUT2D eigenvalue weighted by Crippen LogP contribution is -1.90. The minimum absolute atomic E-state index is 0.120. The molecule has 2 rings (SSSR count). The van der Waals surface area contributed by atoms with Crippen molar-refractivity contribution in [2.24, 2.45) is 0 Å². The average molecular weight is 312 g/mol. The molecule has 1 unspecified atom stereocenters. The fraction of sp³-hybridized carbons (Fsp3) is 0.333. The Bertz CT molecular complexity index is 474. The Morgan fingerprint density at radius 3 is 2.59 bits per heavy atom. The summed E-state index contributed by atoms with van der Waals surface area (Å²) in [7, 11) is 0. The number of alkyl halides is 2. The van der Waals surface area contributed by atoms with Gasteiger partial charge in [0.1, 0.15) is 0 Å². The van der Waals surface area contributed by atoms with Crippen LogP contribution in [0.1, 0.15) is 24.8 Å². The smallest absolute Gasteiger partial charge is 0.0886 e. The Morgan fingerprint density at radius 2 is 1.76 bits per heavy atom. The number of benzene rings is 2. The van der Waals surface area contributed by atoms with Crippen LogP contribution in [0.2, 0.25) is 0 Å². The van der Waals surface area contributed by atoms with Crippen LogP contribution in [0, 0.1) is 0 Å². The van der Waals surface area contributed by atoms with Gasteiger partial charge >= 0.3 is 0 Å². The topological polar surface area (TPSA) is 0 Å². The zero-order valence-corrected chi connectivity index (χ0v) is 12.0. The van der Waals surface area contributed by atoms with Gasteiger partial charge in [-0.15, -0.1) is 11.6 Å². The molecule has 0 N–H and O–H groups in total. The average Bonchev–Trinajstić information content (AvgIpc) is 2.34. The van der Waals surface area contributed by atoms with Gasteiger partial charge in [0.15, 0.2) is 0 Å². The van der Waals surface area contributed by atoms with Crippen molar-refractivity contribution in [2.45, 2.75) is 30.0 Å². The van der Waals surface area contributed by atoms with Crippen LogP contribution in [0.25, 0.3) is 10.8 Å². The summed E-state index contributed by atoms with van der Waals surface area (Å²) in [5.41, 5.74) is 1.45. The number of hydrogen-bond donors (Lipinski definition) is 0. The first-order chi connectivity index (χ1) is 8.27. The van der Waals surface area contributed by atoms with Crippen molar-refractivity contribution in [1.82, 2.24) is 0 Å². The van der Waals surface area contributed by atoms with Gasteiger partial charge in [0.2, 0.25) is 0 Å². The molecule has 0 amide bonds. The lowest BCUT2D eigenvalue weighted by Gasteiger charge is -2.06. The molecule has 0 spiro atoms. The predicted octanol–water partition coefficient (Wildman–Crippen LogP) is 5.51. The predicted molar refractivity (Wildman–Crippen MR) is 80.1 cm³/mol. The number of fused-ring (bicyclic) bond motifs is 1. The summed E-state index contributed by atoms with van der Waals surface area (Å²) < 4.78 is 0.120. The summed E-state index contributed by atoms with van der Waals surface area (Å²) >= 11 is 9.24. The molecule has 2 heteroatoms. The van der Waals surface area contributed by atoms with E-state index in [2.05, 4.69) is 58.4 Å². The van der Waals surface area contributed by atoms with Gasteiger partial charge in [-0.05, 0) is 35.6 Å². The van der Waals surface area contributed by atoms with Crippen molar-refractivity contribution in [2.75, 3.05) is 0 Å².